The molecule has 3 unspecified atom stereocenters. The van der Waals surface area contributed by atoms with Crippen LogP contribution < -0.4 is 10.6 Å². The van der Waals surface area contributed by atoms with E-state index < -0.39 is 7.92 Å². The predicted molar refractivity (Wildman–Crippen MR) is 234 cm³/mol. The molecule has 0 radical (unpaired) electrons. The molecule has 5 aromatic carbocycles. The molecule has 3 aliphatic carbocycles. The average molecular weight is 757 g/mol. The molecule has 1 spiro atoms. The predicted octanol–water partition coefficient (Wildman–Crippen LogP) is 12.6. The standard InChI is InChI=1S/C52H57N2OP/c55-49(42-26-11-3-12-27-42)54-48(41-24-9-2-10-25-41)47(40-22-7-1-8-23-40)53-50(54)52(43-28-17-20-37-51(39-34-43)35-18-6-19-36-51)38-21-33-46(52)56(44-29-13-4-14-30-44)45-31-15-5-16-32-45/h1-5,7-16,22-27,29-32,43,46-48H,6,17-21,28,33-39H2/t43?,46?,47-,48-,52?/m0/s1. The molecule has 1 aliphatic heterocycles. The number of hydrogen-bond donors (Lipinski definition) is 0. The first-order valence-corrected chi connectivity index (χ1v) is 23.0. The van der Waals surface area contributed by atoms with E-state index in [0.29, 0.717) is 17.0 Å². The molecule has 0 bridgehead atoms. The summed E-state index contributed by atoms with van der Waals surface area (Å²) < 4.78 is 0. The van der Waals surface area contributed by atoms with E-state index >= 15 is 4.79 Å². The summed E-state index contributed by atoms with van der Waals surface area (Å²) in [7, 11) is -0.768. The monoisotopic (exact) mass is 756 g/mol. The fourth-order valence-corrected chi connectivity index (χ4v) is 15.0. The highest BCUT2D eigenvalue weighted by atomic mass is 31.1. The summed E-state index contributed by atoms with van der Waals surface area (Å²) in [5.41, 5.74) is 3.65. The zero-order chi connectivity index (χ0) is 37.8. The first-order valence-electron chi connectivity index (χ1n) is 21.6. The fourth-order valence-electron chi connectivity index (χ4n) is 11.6. The van der Waals surface area contributed by atoms with Crippen LogP contribution in [-0.4, -0.2) is 22.3 Å². The lowest BCUT2D eigenvalue weighted by atomic mass is 9.61. The highest BCUT2D eigenvalue weighted by Gasteiger charge is 2.60. The van der Waals surface area contributed by atoms with Crippen molar-refractivity contribution in [3.05, 3.63) is 168 Å². The topological polar surface area (TPSA) is 32.7 Å². The molecule has 56 heavy (non-hydrogen) atoms. The van der Waals surface area contributed by atoms with Gasteiger partial charge in [-0.05, 0) is 104 Å². The average Bonchev–Trinajstić information content (AvgIpc) is 3.88. The molecular weight excluding hydrogens is 700 g/mol. The van der Waals surface area contributed by atoms with Gasteiger partial charge in [0.15, 0.2) is 0 Å². The maximum Gasteiger partial charge on any atom is 0.259 e. The Morgan fingerprint density at radius 1 is 0.536 bits per heavy atom. The number of amidine groups is 1. The van der Waals surface area contributed by atoms with Crippen molar-refractivity contribution in [3.63, 3.8) is 0 Å². The maximum atomic E-state index is 15.6. The van der Waals surface area contributed by atoms with Crippen LogP contribution in [0.25, 0.3) is 0 Å². The van der Waals surface area contributed by atoms with Crippen LogP contribution >= 0.6 is 7.92 Å². The van der Waals surface area contributed by atoms with Crippen LogP contribution in [0, 0.1) is 16.7 Å². The number of rotatable bonds is 8. The minimum atomic E-state index is -0.768. The summed E-state index contributed by atoms with van der Waals surface area (Å²) in [5, 5.41) is 2.89. The summed E-state index contributed by atoms with van der Waals surface area (Å²) >= 11 is 0. The lowest BCUT2D eigenvalue weighted by Crippen LogP contribution is -2.54. The summed E-state index contributed by atoms with van der Waals surface area (Å²) in [4.78, 5) is 24.0. The normalized spacial score (nSPS) is 26.4. The van der Waals surface area contributed by atoms with Crippen molar-refractivity contribution in [1.29, 1.82) is 0 Å². The van der Waals surface area contributed by atoms with E-state index in [4.69, 9.17) is 4.99 Å². The van der Waals surface area contributed by atoms with Gasteiger partial charge in [0.05, 0.1) is 6.04 Å². The third-order valence-electron chi connectivity index (χ3n) is 14.2. The molecule has 5 aromatic rings. The van der Waals surface area contributed by atoms with Crippen LogP contribution in [0.15, 0.2) is 157 Å². The smallest absolute Gasteiger partial charge is 0.259 e. The van der Waals surface area contributed by atoms with Crippen LogP contribution in [0.5, 0.6) is 0 Å². The lowest BCUT2D eigenvalue weighted by molar-refractivity contribution is 0.0748. The van der Waals surface area contributed by atoms with Crippen molar-refractivity contribution in [3.8, 4) is 0 Å². The van der Waals surface area contributed by atoms with Crippen LogP contribution in [0.3, 0.4) is 0 Å². The van der Waals surface area contributed by atoms with E-state index in [-0.39, 0.29) is 23.4 Å². The molecule has 0 aromatic heterocycles. The van der Waals surface area contributed by atoms with Gasteiger partial charge in [0.2, 0.25) is 0 Å². The Bertz CT molecular complexity index is 2030. The maximum absolute atomic E-state index is 15.6. The van der Waals surface area contributed by atoms with Crippen LogP contribution in [0.4, 0.5) is 0 Å². The van der Waals surface area contributed by atoms with E-state index in [9.17, 15) is 0 Å². The Morgan fingerprint density at radius 2 is 1.07 bits per heavy atom. The number of carbonyl (C=O) groups excluding carboxylic acids is 1. The lowest BCUT2D eigenvalue weighted by Gasteiger charge is -2.50. The van der Waals surface area contributed by atoms with Gasteiger partial charge in [0.25, 0.3) is 5.91 Å². The molecule has 3 nitrogen and oxygen atoms in total. The van der Waals surface area contributed by atoms with Gasteiger partial charge in [-0.15, -0.1) is 0 Å². The van der Waals surface area contributed by atoms with Crippen molar-refractivity contribution in [2.45, 2.75) is 108 Å². The number of amides is 1. The number of aliphatic imine (C=N–C) groups is 1. The Labute approximate surface area is 336 Å². The fraction of sp³-hybridized carbons (Fsp3) is 0.385. The minimum absolute atomic E-state index is 0.0833. The second-order valence-corrected chi connectivity index (χ2v) is 19.6. The molecule has 5 atom stereocenters. The highest BCUT2D eigenvalue weighted by Crippen LogP contribution is 2.65. The molecule has 3 saturated carbocycles. The molecule has 1 amide bonds. The van der Waals surface area contributed by atoms with E-state index in [0.717, 1.165) is 36.2 Å². The third kappa shape index (κ3) is 7.11. The summed E-state index contributed by atoms with van der Waals surface area (Å²) in [6.45, 7) is 0. The summed E-state index contributed by atoms with van der Waals surface area (Å²) in [6.07, 6.45) is 18.0. The quantitative estimate of drug-likeness (QED) is 0.145. The molecule has 0 saturated heterocycles. The number of benzene rings is 5. The van der Waals surface area contributed by atoms with Gasteiger partial charge in [-0.3, -0.25) is 14.7 Å². The summed E-state index contributed by atoms with van der Waals surface area (Å²) in [5.74, 6) is 1.61. The van der Waals surface area contributed by atoms with Gasteiger partial charge in [-0.2, -0.15) is 0 Å². The van der Waals surface area contributed by atoms with Gasteiger partial charge >= 0.3 is 0 Å². The SMILES string of the molecule is O=C(c1ccccc1)N1C(C2(C3CCCCC4(CCCCC4)CC3)CCCC2P(c2ccccc2)c2ccccc2)=N[C@@H](c2ccccc2)[C@@H]1c1ccccc1. The van der Waals surface area contributed by atoms with Crippen LogP contribution in [-0.2, 0) is 0 Å². The van der Waals surface area contributed by atoms with Gasteiger partial charge in [0, 0.05) is 16.6 Å². The second kappa shape index (κ2) is 16.6. The van der Waals surface area contributed by atoms with E-state index in [1.807, 2.05) is 30.3 Å². The van der Waals surface area contributed by atoms with Crippen molar-refractivity contribution in [1.82, 2.24) is 4.90 Å². The van der Waals surface area contributed by atoms with Crippen molar-refractivity contribution in [2.75, 3.05) is 0 Å². The Balaban J connectivity index is 1.28. The Morgan fingerprint density at radius 3 is 1.68 bits per heavy atom. The molecule has 3 fully saturated rings. The van der Waals surface area contributed by atoms with Crippen molar-refractivity contribution < 1.29 is 4.79 Å². The highest BCUT2D eigenvalue weighted by molar-refractivity contribution is 7.73. The largest absolute Gasteiger partial charge is 0.286 e. The molecular formula is C52H57N2OP. The van der Waals surface area contributed by atoms with Crippen LogP contribution in [0.1, 0.15) is 123 Å². The van der Waals surface area contributed by atoms with E-state index in [1.165, 1.54) is 86.8 Å². The zero-order valence-electron chi connectivity index (χ0n) is 32.9. The van der Waals surface area contributed by atoms with E-state index in [2.05, 4.69) is 126 Å². The first kappa shape index (κ1) is 37.3. The minimum Gasteiger partial charge on any atom is -0.286 e. The molecule has 9 rings (SSSR count). The third-order valence-corrected chi connectivity index (χ3v) is 17.3. The molecule has 4 heteroatoms. The Kier molecular flexibility index (Phi) is 11.1. The number of carbonyl (C=O) groups is 1. The Hall–Kier alpha value is -4.33. The van der Waals surface area contributed by atoms with E-state index in [1.54, 1.807) is 0 Å². The van der Waals surface area contributed by atoms with Gasteiger partial charge in [-0.25, -0.2) is 0 Å². The molecule has 1 heterocycles. The van der Waals surface area contributed by atoms with Gasteiger partial charge < -0.3 is 0 Å². The van der Waals surface area contributed by atoms with Crippen LogP contribution in [0.2, 0.25) is 0 Å². The molecule has 4 aliphatic rings. The first-order chi connectivity index (χ1) is 27.7. The summed E-state index contributed by atoms with van der Waals surface area (Å²) in [6, 6.07) is 54.2. The van der Waals surface area contributed by atoms with Gasteiger partial charge in [-0.1, -0.05) is 178 Å². The number of nitrogens with zero attached hydrogens (tertiary/aromatic N) is 2. The second-order valence-electron chi connectivity index (χ2n) is 17.2. The zero-order valence-corrected chi connectivity index (χ0v) is 33.8. The molecule has 286 valence electrons. The number of hydrogen-bond acceptors (Lipinski definition) is 2. The van der Waals surface area contributed by atoms with Crippen molar-refractivity contribution in [2.24, 2.45) is 21.7 Å². The van der Waals surface area contributed by atoms with Crippen molar-refractivity contribution >= 4 is 30.3 Å². The molecule has 0 N–H and O–H groups in total. The van der Waals surface area contributed by atoms with Gasteiger partial charge in [0.1, 0.15) is 11.9 Å².